The van der Waals surface area contributed by atoms with E-state index in [1.165, 1.54) is 4.80 Å². The van der Waals surface area contributed by atoms with Gasteiger partial charge in [-0.1, -0.05) is 12.1 Å². The number of ether oxygens (including phenoxy) is 1. The maximum Gasteiger partial charge on any atom is 0.256 e. The predicted octanol–water partition coefficient (Wildman–Crippen LogP) is 2.91. The zero-order chi connectivity index (χ0) is 19.8. The predicted molar refractivity (Wildman–Crippen MR) is 107 cm³/mol. The Labute approximate surface area is 169 Å². The number of carbonyl (C=O) groups is 1. The Kier molecular flexibility index (Phi) is 4.50. The van der Waals surface area contributed by atoms with Gasteiger partial charge in [-0.25, -0.2) is 0 Å². The molecule has 5 rings (SSSR count). The van der Waals surface area contributed by atoms with Crippen LogP contribution in [0.5, 0.6) is 5.75 Å². The normalized spacial score (nSPS) is 22.8. The molecule has 0 saturated carbocycles. The molecule has 3 atom stereocenters. The fourth-order valence-electron chi connectivity index (χ4n) is 4.88. The van der Waals surface area contributed by atoms with Gasteiger partial charge in [0.2, 0.25) is 0 Å². The van der Waals surface area contributed by atoms with E-state index in [0.717, 1.165) is 42.8 Å². The van der Waals surface area contributed by atoms with Crippen molar-refractivity contribution in [3.63, 3.8) is 0 Å². The van der Waals surface area contributed by atoms with E-state index in [1.807, 2.05) is 36.4 Å². The van der Waals surface area contributed by atoms with Crippen molar-refractivity contribution in [1.29, 1.82) is 0 Å². The molecule has 148 valence electrons. The molecule has 3 aromatic rings. The molecule has 4 heterocycles. The van der Waals surface area contributed by atoms with E-state index >= 15 is 0 Å². The number of methoxy groups -OCH3 is 1. The van der Waals surface area contributed by atoms with E-state index in [4.69, 9.17) is 4.74 Å². The second kappa shape index (κ2) is 7.31. The zero-order valence-electron chi connectivity index (χ0n) is 16.3. The lowest BCUT2D eigenvalue weighted by Crippen LogP contribution is -2.37. The summed E-state index contributed by atoms with van der Waals surface area (Å²) in [6.07, 6.45) is 9.06. The summed E-state index contributed by atoms with van der Waals surface area (Å²) in [5, 5.41) is 8.42. The third-order valence-corrected chi connectivity index (χ3v) is 6.17. The Morgan fingerprint density at radius 1 is 1.14 bits per heavy atom. The largest absolute Gasteiger partial charge is 0.495 e. The van der Waals surface area contributed by atoms with Gasteiger partial charge < -0.3 is 9.64 Å². The van der Waals surface area contributed by atoms with Gasteiger partial charge in [-0.2, -0.15) is 15.0 Å². The molecule has 2 aliphatic heterocycles. The lowest BCUT2D eigenvalue weighted by molar-refractivity contribution is 0.0718. The fraction of sp³-hybridized carbons (Fsp3) is 0.364. The zero-order valence-corrected chi connectivity index (χ0v) is 16.3. The maximum absolute atomic E-state index is 13.5. The summed E-state index contributed by atoms with van der Waals surface area (Å²) in [5.41, 5.74) is 2.43. The van der Waals surface area contributed by atoms with E-state index in [-0.39, 0.29) is 11.9 Å². The molecular formula is C22H23N5O2. The Morgan fingerprint density at radius 3 is 2.72 bits per heavy atom. The van der Waals surface area contributed by atoms with Crippen LogP contribution in [0.25, 0.3) is 5.69 Å². The summed E-state index contributed by atoms with van der Waals surface area (Å²) in [6, 6.07) is 12.1. The SMILES string of the molecule is COc1ccc(CC2CC3CCC2N3C(=O)c2ccccc2-n2nccn2)nc1. The van der Waals surface area contributed by atoms with E-state index in [2.05, 4.69) is 20.1 Å². The number of aromatic nitrogens is 4. The molecule has 1 amide bonds. The van der Waals surface area contributed by atoms with Crippen LogP contribution in [0.4, 0.5) is 0 Å². The minimum absolute atomic E-state index is 0.0793. The molecule has 2 bridgehead atoms. The molecule has 0 spiro atoms. The van der Waals surface area contributed by atoms with Crippen molar-refractivity contribution in [2.24, 2.45) is 5.92 Å². The quantitative estimate of drug-likeness (QED) is 0.671. The molecule has 2 fully saturated rings. The second-order valence-electron chi connectivity index (χ2n) is 7.74. The van der Waals surface area contributed by atoms with Crippen LogP contribution in [0, 0.1) is 5.92 Å². The van der Waals surface area contributed by atoms with E-state index in [0.29, 0.717) is 17.5 Å². The number of hydrogen-bond acceptors (Lipinski definition) is 5. The van der Waals surface area contributed by atoms with Crippen molar-refractivity contribution < 1.29 is 9.53 Å². The Hall–Kier alpha value is -3.22. The first-order valence-corrected chi connectivity index (χ1v) is 10.0. The molecule has 3 unspecified atom stereocenters. The summed E-state index contributed by atoms with van der Waals surface area (Å²) in [4.78, 5) is 21.7. The Morgan fingerprint density at radius 2 is 1.97 bits per heavy atom. The van der Waals surface area contributed by atoms with Crippen LogP contribution in [0.2, 0.25) is 0 Å². The minimum atomic E-state index is 0.0793. The number of carbonyl (C=O) groups excluding carboxylic acids is 1. The van der Waals surface area contributed by atoms with Gasteiger partial charge in [0.05, 0.1) is 37.0 Å². The summed E-state index contributed by atoms with van der Waals surface area (Å²) >= 11 is 0. The highest BCUT2D eigenvalue weighted by atomic mass is 16.5. The summed E-state index contributed by atoms with van der Waals surface area (Å²) in [5.74, 6) is 1.28. The van der Waals surface area contributed by atoms with E-state index in [1.54, 1.807) is 25.7 Å². The molecular weight excluding hydrogens is 366 g/mol. The van der Waals surface area contributed by atoms with Crippen LogP contribution in [0.15, 0.2) is 55.0 Å². The number of hydrogen-bond donors (Lipinski definition) is 0. The molecule has 7 heteroatoms. The number of benzene rings is 1. The summed E-state index contributed by atoms with van der Waals surface area (Å²) in [7, 11) is 1.65. The van der Waals surface area contributed by atoms with Gasteiger partial charge in [-0.05, 0) is 55.9 Å². The second-order valence-corrected chi connectivity index (χ2v) is 7.74. The molecule has 1 aromatic carbocycles. The lowest BCUT2D eigenvalue weighted by Gasteiger charge is -2.25. The third-order valence-electron chi connectivity index (χ3n) is 6.17. The van der Waals surface area contributed by atoms with Crippen LogP contribution >= 0.6 is 0 Å². The number of amides is 1. The first-order chi connectivity index (χ1) is 14.2. The van der Waals surface area contributed by atoms with Gasteiger partial charge in [0, 0.05) is 17.8 Å². The van der Waals surface area contributed by atoms with E-state index < -0.39 is 0 Å². The van der Waals surface area contributed by atoms with Crippen molar-refractivity contribution in [2.75, 3.05) is 7.11 Å². The van der Waals surface area contributed by atoms with Crippen molar-refractivity contribution in [2.45, 2.75) is 37.8 Å². The molecule has 0 aliphatic carbocycles. The highest BCUT2D eigenvalue weighted by molar-refractivity contribution is 5.98. The molecule has 0 radical (unpaired) electrons. The smallest absolute Gasteiger partial charge is 0.256 e. The van der Waals surface area contributed by atoms with Crippen LogP contribution in [-0.2, 0) is 6.42 Å². The first-order valence-electron chi connectivity index (χ1n) is 10.0. The van der Waals surface area contributed by atoms with E-state index in [9.17, 15) is 4.79 Å². The topological polar surface area (TPSA) is 73.1 Å². The third kappa shape index (κ3) is 3.16. The number of rotatable bonds is 5. The monoisotopic (exact) mass is 389 g/mol. The number of nitrogens with zero attached hydrogens (tertiary/aromatic N) is 5. The van der Waals surface area contributed by atoms with Gasteiger partial charge in [0.15, 0.2) is 0 Å². The highest BCUT2D eigenvalue weighted by Crippen LogP contribution is 2.44. The molecule has 2 saturated heterocycles. The maximum atomic E-state index is 13.5. The molecule has 2 aromatic heterocycles. The van der Waals surface area contributed by atoms with Gasteiger partial charge >= 0.3 is 0 Å². The van der Waals surface area contributed by atoms with Crippen LogP contribution < -0.4 is 4.74 Å². The average molecular weight is 389 g/mol. The molecule has 2 aliphatic rings. The average Bonchev–Trinajstić information content (AvgIpc) is 3.50. The van der Waals surface area contributed by atoms with Crippen molar-refractivity contribution in [3.8, 4) is 11.4 Å². The Bertz CT molecular complexity index is 1000. The minimum Gasteiger partial charge on any atom is -0.495 e. The van der Waals surface area contributed by atoms with Crippen molar-refractivity contribution in [1.82, 2.24) is 24.9 Å². The van der Waals surface area contributed by atoms with Crippen molar-refractivity contribution in [3.05, 3.63) is 66.2 Å². The highest BCUT2D eigenvalue weighted by Gasteiger charge is 2.48. The number of fused-ring (bicyclic) bond motifs is 2. The van der Waals surface area contributed by atoms with Gasteiger partial charge in [0.1, 0.15) is 5.75 Å². The first kappa shape index (κ1) is 17.8. The molecule has 29 heavy (non-hydrogen) atoms. The van der Waals surface area contributed by atoms with Crippen molar-refractivity contribution >= 4 is 5.91 Å². The molecule has 0 N–H and O–H groups in total. The van der Waals surface area contributed by atoms with Gasteiger partial charge in [-0.15, -0.1) is 0 Å². The number of para-hydroxylation sites is 1. The van der Waals surface area contributed by atoms with Crippen LogP contribution in [0.3, 0.4) is 0 Å². The van der Waals surface area contributed by atoms with Crippen LogP contribution in [-0.4, -0.2) is 50.0 Å². The Balaban J connectivity index is 1.38. The molecule has 7 nitrogen and oxygen atoms in total. The van der Waals surface area contributed by atoms with Gasteiger partial charge in [-0.3, -0.25) is 9.78 Å². The van der Waals surface area contributed by atoms with Crippen LogP contribution in [0.1, 0.15) is 35.3 Å². The fourth-order valence-corrected chi connectivity index (χ4v) is 4.88. The summed E-state index contributed by atoms with van der Waals surface area (Å²) in [6.45, 7) is 0. The lowest BCUT2D eigenvalue weighted by atomic mass is 9.86. The summed E-state index contributed by atoms with van der Waals surface area (Å²) < 4.78 is 5.20. The number of pyridine rings is 1. The standard InChI is InChI=1S/C22H23N5O2/c1-29-18-8-6-16(23-14-18)12-15-13-17-7-9-20(15)26(17)22(28)19-4-2-3-5-21(19)27-24-10-11-25-27/h2-6,8,10-11,14-15,17,20H,7,9,12-13H2,1H3. The van der Waals surface area contributed by atoms with Gasteiger partial charge in [0.25, 0.3) is 5.91 Å².